The van der Waals surface area contributed by atoms with E-state index in [0.29, 0.717) is 0 Å². The molecule has 0 fully saturated rings. The van der Waals surface area contributed by atoms with Crippen molar-refractivity contribution in [3.05, 3.63) is 57.4 Å². The second kappa shape index (κ2) is 6.29. The lowest BCUT2D eigenvalue weighted by atomic mass is 10.1. The molecule has 6 heteroatoms. The number of hydrogen-bond donors (Lipinski definition) is 1. The highest BCUT2D eigenvalue weighted by molar-refractivity contribution is 5.32. The topological polar surface area (TPSA) is 73.0 Å². The predicted octanol–water partition coefficient (Wildman–Crippen LogP) is 1.97. The molecule has 0 radical (unpaired) electrons. The van der Waals surface area contributed by atoms with Gasteiger partial charge in [-0.25, -0.2) is 0 Å². The maximum atomic E-state index is 10.5. The number of aromatic nitrogens is 2. The summed E-state index contributed by atoms with van der Waals surface area (Å²) in [6, 6.07) is 8.74. The lowest BCUT2D eigenvalue weighted by molar-refractivity contribution is -0.384. The molecule has 1 N–H and O–H groups in total. The summed E-state index contributed by atoms with van der Waals surface area (Å²) < 4.78 is 1.87. The van der Waals surface area contributed by atoms with E-state index in [1.165, 1.54) is 0 Å². The van der Waals surface area contributed by atoms with Crippen LogP contribution in [0.25, 0.3) is 0 Å². The highest BCUT2D eigenvalue weighted by Gasteiger charge is 2.04. The number of nitrogens with zero attached hydrogens (tertiary/aromatic N) is 3. The molecule has 0 amide bonds. The van der Waals surface area contributed by atoms with Crippen LogP contribution in [-0.4, -0.2) is 21.2 Å². The predicted molar refractivity (Wildman–Crippen MR) is 76.5 cm³/mol. The fourth-order valence-electron chi connectivity index (χ4n) is 2.06. The van der Waals surface area contributed by atoms with Crippen LogP contribution in [0.15, 0.2) is 30.3 Å². The van der Waals surface area contributed by atoms with Gasteiger partial charge in [0, 0.05) is 25.7 Å². The Morgan fingerprint density at radius 2 is 2.05 bits per heavy atom. The van der Waals surface area contributed by atoms with E-state index in [9.17, 15) is 10.1 Å². The molecule has 0 aliphatic heterocycles. The molecule has 6 nitrogen and oxygen atoms in total. The normalized spacial score (nSPS) is 10.7. The molecular weight excluding hydrogens is 256 g/mol. The number of hydrogen-bond acceptors (Lipinski definition) is 4. The first-order chi connectivity index (χ1) is 9.56. The lowest BCUT2D eigenvalue weighted by Crippen LogP contribution is -2.18. The smallest absolute Gasteiger partial charge is 0.269 e. The standard InChI is InChI=1S/C14H18N4O2/c1-11-9-14(17(2)16-11)10-15-8-7-12-3-5-13(6-4-12)18(19)20/h3-6,9,15H,7-8,10H2,1-2H3. The summed E-state index contributed by atoms with van der Waals surface area (Å²) in [5.74, 6) is 0. The van der Waals surface area contributed by atoms with Crippen molar-refractivity contribution in [2.45, 2.75) is 19.9 Å². The summed E-state index contributed by atoms with van der Waals surface area (Å²) in [6.45, 7) is 3.56. The molecule has 0 bridgehead atoms. The third-order valence-electron chi connectivity index (χ3n) is 3.14. The molecule has 20 heavy (non-hydrogen) atoms. The summed E-state index contributed by atoms with van der Waals surface area (Å²) in [5, 5.41) is 18.2. The van der Waals surface area contributed by atoms with Gasteiger partial charge in [-0.2, -0.15) is 5.10 Å². The van der Waals surface area contributed by atoms with Crippen molar-refractivity contribution >= 4 is 5.69 Å². The molecule has 1 aromatic carbocycles. The Morgan fingerprint density at radius 3 is 2.60 bits per heavy atom. The number of non-ortho nitro benzene ring substituents is 1. The molecule has 0 unspecified atom stereocenters. The molecule has 0 saturated heterocycles. The summed E-state index contributed by atoms with van der Waals surface area (Å²) in [5.41, 5.74) is 3.38. The summed E-state index contributed by atoms with van der Waals surface area (Å²) >= 11 is 0. The van der Waals surface area contributed by atoms with Crippen molar-refractivity contribution in [2.75, 3.05) is 6.54 Å². The van der Waals surface area contributed by atoms with Gasteiger partial charge in [-0.15, -0.1) is 0 Å². The molecule has 0 aliphatic carbocycles. The van der Waals surface area contributed by atoms with E-state index in [-0.39, 0.29) is 10.6 Å². The Hall–Kier alpha value is -2.21. The number of benzene rings is 1. The van der Waals surface area contributed by atoms with Crippen molar-refractivity contribution in [1.82, 2.24) is 15.1 Å². The van der Waals surface area contributed by atoms with E-state index in [1.54, 1.807) is 24.3 Å². The van der Waals surface area contributed by atoms with Crippen LogP contribution < -0.4 is 5.32 Å². The minimum atomic E-state index is -0.382. The van der Waals surface area contributed by atoms with Gasteiger partial charge in [-0.1, -0.05) is 12.1 Å². The first-order valence-corrected chi connectivity index (χ1v) is 6.50. The van der Waals surface area contributed by atoms with Crippen LogP contribution in [0.5, 0.6) is 0 Å². The fourth-order valence-corrected chi connectivity index (χ4v) is 2.06. The van der Waals surface area contributed by atoms with Crippen LogP contribution in [0.3, 0.4) is 0 Å². The third-order valence-corrected chi connectivity index (χ3v) is 3.14. The highest BCUT2D eigenvalue weighted by atomic mass is 16.6. The molecule has 106 valence electrons. The minimum Gasteiger partial charge on any atom is -0.311 e. The third kappa shape index (κ3) is 3.64. The van der Waals surface area contributed by atoms with Crippen LogP contribution >= 0.6 is 0 Å². The van der Waals surface area contributed by atoms with E-state index in [0.717, 1.165) is 36.5 Å². The van der Waals surface area contributed by atoms with Gasteiger partial charge in [-0.3, -0.25) is 14.8 Å². The van der Waals surface area contributed by atoms with Crippen molar-refractivity contribution in [1.29, 1.82) is 0 Å². The lowest BCUT2D eigenvalue weighted by Gasteiger charge is -2.05. The quantitative estimate of drug-likeness (QED) is 0.496. The average molecular weight is 274 g/mol. The Balaban J connectivity index is 1.78. The molecule has 1 aromatic heterocycles. The van der Waals surface area contributed by atoms with E-state index >= 15 is 0 Å². The Kier molecular flexibility index (Phi) is 4.47. The van der Waals surface area contributed by atoms with Gasteiger partial charge in [0.25, 0.3) is 5.69 Å². The number of nitro groups is 1. The monoisotopic (exact) mass is 274 g/mol. The second-order valence-electron chi connectivity index (χ2n) is 4.75. The van der Waals surface area contributed by atoms with Gasteiger partial charge < -0.3 is 5.32 Å². The molecule has 0 spiro atoms. The highest BCUT2D eigenvalue weighted by Crippen LogP contribution is 2.12. The molecule has 0 saturated carbocycles. The van der Waals surface area contributed by atoms with Crippen LogP contribution in [0.4, 0.5) is 5.69 Å². The first kappa shape index (κ1) is 14.2. The zero-order valence-corrected chi connectivity index (χ0v) is 11.7. The zero-order valence-electron chi connectivity index (χ0n) is 11.7. The zero-order chi connectivity index (χ0) is 14.5. The van der Waals surface area contributed by atoms with Crippen molar-refractivity contribution < 1.29 is 4.92 Å². The van der Waals surface area contributed by atoms with Crippen molar-refractivity contribution in [3.8, 4) is 0 Å². The van der Waals surface area contributed by atoms with Gasteiger partial charge in [0.1, 0.15) is 0 Å². The van der Waals surface area contributed by atoms with Gasteiger partial charge >= 0.3 is 0 Å². The first-order valence-electron chi connectivity index (χ1n) is 6.50. The van der Waals surface area contributed by atoms with Crippen LogP contribution in [0.2, 0.25) is 0 Å². The van der Waals surface area contributed by atoms with Crippen molar-refractivity contribution in [2.24, 2.45) is 7.05 Å². The van der Waals surface area contributed by atoms with Crippen LogP contribution in [-0.2, 0) is 20.0 Å². The second-order valence-corrected chi connectivity index (χ2v) is 4.75. The summed E-state index contributed by atoms with van der Waals surface area (Å²) in [4.78, 5) is 10.2. The van der Waals surface area contributed by atoms with Crippen LogP contribution in [0.1, 0.15) is 17.0 Å². The number of aryl methyl sites for hydroxylation is 2. The largest absolute Gasteiger partial charge is 0.311 e. The van der Waals surface area contributed by atoms with Gasteiger partial charge in [0.2, 0.25) is 0 Å². The van der Waals surface area contributed by atoms with E-state index < -0.39 is 0 Å². The molecule has 0 aliphatic rings. The molecule has 2 rings (SSSR count). The van der Waals surface area contributed by atoms with E-state index in [4.69, 9.17) is 0 Å². The minimum absolute atomic E-state index is 0.132. The fraction of sp³-hybridized carbons (Fsp3) is 0.357. The number of rotatable bonds is 6. The number of nitrogens with one attached hydrogen (secondary N) is 1. The maximum Gasteiger partial charge on any atom is 0.269 e. The molecule has 2 aromatic rings. The summed E-state index contributed by atoms with van der Waals surface area (Å²) in [6.07, 6.45) is 0.842. The SMILES string of the molecule is Cc1cc(CNCCc2ccc([N+](=O)[O-])cc2)n(C)n1. The molecule has 0 atom stereocenters. The van der Waals surface area contributed by atoms with Gasteiger partial charge in [0.05, 0.1) is 16.3 Å². The Morgan fingerprint density at radius 1 is 1.35 bits per heavy atom. The van der Waals surface area contributed by atoms with Crippen LogP contribution in [0, 0.1) is 17.0 Å². The average Bonchev–Trinajstić information content (AvgIpc) is 2.73. The Bertz CT molecular complexity index is 590. The summed E-state index contributed by atoms with van der Waals surface area (Å²) in [7, 11) is 1.93. The molecule has 1 heterocycles. The van der Waals surface area contributed by atoms with E-state index in [2.05, 4.69) is 16.5 Å². The van der Waals surface area contributed by atoms with Gasteiger partial charge in [-0.05, 0) is 31.5 Å². The molecular formula is C14H18N4O2. The maximum absolute atomic E-state index is 10.5. The Labute approximate surface area is 117 Å². The van der Waals surface area contributed by atoms with E-state index in [1.807, 2.05) is 18.7 Å². The van der Waals surface area contributed by atoms with Crippen molar-refractivity contribution in [3.63, 3.8) is 0 Å². The number of nitro benzene ring substituents is 1. The van der Waals surface area contributed by atoms with Gasteiger partial charge in [0.15, 0.2) is 0 Å².